The van der Waals surface area contributed by atoms with Crippen molar-refractivity contribution in [3.05, 3.63) is 107 Å². The summed E-state index contributed by atoms with van der Waals surface area (Å²) in [5.74, 6) is 1.78. The van der Waals surface area contributed by atoms with Gasteiger partial charge in [-0.05, 0) is 28.8 Å². The van der Waals surface area contributed by atoms with Crippen LogP contribution in [0.4, 0.5) is 5.82 Å². The predicted octanol–water partition coefficient (Wildman–Crippen LogP) is 4.87. The first-order valence-electron chi connectivity index (χ1n) is 11.1. The van der Waals surface area contributed by atoms with Crippen LogP contribution < -0.4 is 10.6 Å². The maximum Gasteiger partial charge on any atom is 0.256 e. The van der Waals surface area contributed by atoms with Crippen molar-refractivity contribution in [1.82, 2.24) is 15.1 Å². The molecule has 170 valence electrons. The molecular weight excluding hydrogens is 444 g/mol. The number of amides is 2. The Labute approximate surface area is 202 Å². The summed E-state index contributed by atoms with van der Waals surface area (Å²) in [5.41, 5.74) is 5.66. The minimum atomic E-state index is -0.217. The number of carbonyl (C=O) groups is 2. The maximum absolute atomic E-state index is 13.0. The molecule has 7 heteroatoms. The molecule has 0 aliphatic carbocycles. The largest absolute Gasteiger partial charge is 0.350 e. The van der Waals surface area contributed by atoms with E-state index in [-0.39, 0.29) is 18.4 Å². The fourth-order valence-corrected chi connectivity index (χ4v) is 4.97. The molecule has 2 heterocycles. The average Bonchev–Trinajstić information content (AvgIpc) is 3.46. The van der Waals surface area contributed by atoms with Crippen molar-refractivity contribution in [3.8, 4) is 11.1 Å². The number of nitrogens with one attached hydrogen (secondary N) is 2. The van der Waals surface area contributed by atoms with Crippen LogP contribution >= 0.6 is 11.8 Å². The van der Waals surface area contributed by atoms with E-state index in [4.69, 9.17) is 0 Å². The molecule has 34 heavy (non-hydrogen) atoms. The second kappa shape index (κ2) is 9.97. The first-order valence-corrected chi connectivity index (χ1v) is 12.3. The Morgan fingerprint density at radius 2 is 1.53 bits per heavy atom. The molecule has 5 rings (SSSR count). The summed E-state index contributed by atoms with van der Waals surface area (Å²) in [4.78, 5) is 25.7. The minimum Gasteiger partial charge on any atom is -0.350 e. The topological polar surface area (TPSA) is 76.0 Å². The van der Waals surface area contributed by atoms with E-state index in [1.165, 1.54) is 0 Å². The third-order valence-corrected chi connectivity index (χ3v) is 6.70. The van der Waals surface area contributed by atoms with Gasteiger partial charge in [0, 0.05) is 29.2 Å². The molecule has 4 aromatic rings. The van der Waals surface area contributed by atoms with E-state index in [2.05, 4.69) is 15.7 Å². The monoisotopic (exact) mass is 468 g/mol. The number of hydrogen-bond acceptors (Lipinski definition) is 4. The first-order chi connectivity index (χ1) is 16.7. The molecule has 0 spiro atoms. The van der Waals surface area contributed by atoms with Crippen LogP contribution in [0, 0.1) is 0 Å². The lowest BCUT2D eigenvalue weighted by Gasteiger charge is -2.12. The van der Waals surface area contributed by atoms with Crippen molar-refractivity contribution in [2.45, 2.75) is 24.6 Å². The molecule has 3 aromatic carbocycles. The van der Waals surface area contributed by atoms with Gasteiger partial charge in [-0.2, -0.15) is 16.9 Å². The number of hydrogen-bond donors (Lipinski definition) is 2. The highest BCUT2D eigenvalue weighted by Gasteiger charge is 2.25. The van der Waals surface area contributed by atoms with Crippen molar-refractivity contribution in [2.75, 3.05) is 5.32 Å². The van der Waals surface area contributed by atoms with Crippen LogP contribution in [0.15, 0.2) is 84.9 Å². The number of fused-ring (bicyclic) bond motifs is 1. The van der Waals surface area contributed by atoms with E-state index in [1.54, 1.807) is 16.4 Å². The van der Waals surface area contributed by atoms with Gasteiger partial charge in [0.1, 0.15) is 12.4 Å². The van der Waals surface area contributed by atoms with Gasteiger partial charge >= 0.3 is 0 Å². The van der Waals surface area contributed by atoms with Crippen LogP contribution in [0.25, 0.3) is 11.1 Å². The highest BCUT2D eigenvalue weighted by Crippen LogP contribution is 2.35. The van der Waals surface area contributed by atoms with Crippen LogP contribution in [-0.2, 0) is 29.4 Å². The van der Waals surface area contributed by atoms with Crippen molar-refractivity contribution in [2.24, 2.45) is 0 Å². The molecule has 0 bridgehead atoms. The van der Waals surface area contributed by atoms with Crippen molar-refractivity contribution in [1.29, 1.82) is 0 Å². The minimum absolute atomic E-state index is 0.0487. The zero-order valence-electron chi connectivity index (χ0n) is 18.5. The molecule has 0 radical (unpaired) electrons. The number of anilines is 1. The molecule has 0 saturated carbocycles. The van der Waals surface area contributed by atoms with Gasteiger partial charge in [0.15, 0.2) is 0 Å². The Bertz CT molecular complexity index is 1300. The molecule has 1 aromatic heterocycles. The van der Waals surface area contributed by atoms with E-state index in [9.17, 15) is 9.59 Å². The number of nitrogens with zero attached hydrogens (tertiary/aromatic N) is 2. The van der Waals surface area contributed by atoms with Gasteiger partial charge in [0.2, 0.25) is 5.91 Å². The maximum atomic E-state index is 13.0. The second-order valence-corrected chi connectivity index (χ2v) is 9.07. The zero-order chi connectivity index (χ0) is 23.3. The number of benzene rings is 3. The molecule has 0 atom stereocenters. The fraction of sp³-hybridized carbons (Fsp3) is 0.148. The van der Waals surface area contributed by atoms with E-state index in [0.717, 1.165) is 39.5 Å². The van der Waals surface area contributed by atoms with Gasteiger partial charge in [-0.15, -0.1) is 0 Å². The molecule has 0 unspecified atom stereocenters. The van der Waals surface area contributed by atoms with Crippen LogP contribution in [0.5, 0.6) is 0 Å². The quantitative estimate of drug-likeness (QED) is 0.406. The van der Waals surface area contributed by atoms with Gasteiger partial charge in [0.05, 0.1) is 5.69 Å². The van der Waals surface area contributed by atoms with E-state index in [0.29, 0.717) is 17.9 Å². The van der Waals surface area contributed by atoms with E-state index in [1.807, 2.05) is 84.9 Å². The SMILES string of the molecule is O=C(Cn1nc2c(c1NC(=O)c1ccc(-c3ccccc3)cc1)CSC2)NCc1ccccc1. The standard InChI is InChI=1S/C27H24N4O2S/c32-25(28-15-19-7-3-1-4-8-19)16-31-26(23-17-34-18-24(23)30-31)29-27(33)22-13-11-21(12-14-22)20-9-5-2-6-10-20/h1-14H,15-18H2,(H,28,32)(H,29,33). The van der Waals surface area contributed by atoms with Crippen molar-refractivity contribution in [3.63, 3.8) is 0 Å². The Morgan fingerprint density at radius 3 is 2.26 bits per heavy atom. The molecule has 0 saturated heterocycles. The molecule has 1 aliphatic rings. The Morgan fingerprint density at radius 1 is 0.853 bits per heavy atom. The number of aromatic nitrogens is 2. The third kappa shape index (κ3) is 4.89. The highest BCUT2D eigenvalue weighted by atomic mass is 32.2. The first kappa shape index (κ1) is 22.0. The van der Waals surface area contributed by atoms with Gasteiger partial charge in [-0.3, -0.25) is 9.59 Å². The number of thioether (sulfide) groups is 1. The average molecular weight is 469 g/mol. The van der Waals surface area contributed by atoms with Crippen LogP contribution in [0.3, 0.4) is 0 Å². The summed E-state index contributed by atoms with van der Waals surface area (Å²) in [6, 6.07) is 27.3. The summed E-state index contributed by atoms with van der Waals surface area (Å²) in [5, 5.41) is 10.5. The van der Waals surface area contributed by atoms with E-state index >= 15 is 0 Å². The third-order valence-electron chi connectivity index (χ3n) is 5.73. The van der Waals surface area contributed by atoms with Crippen LogP contribution in [-0.4, -0.2) is 21.6 Å². The summed E-state index contributed by atoms with van der Waals surface area (Å²) in [7, 11) is 0. The smallest absolute Gasteiger partial charge is 0.256 e. The van der Waals surface area contributed by atoms with Crippen LogP contribution in [0.2, 0.25) is 0 Å². The highest BCUT2D eigenvalue weighted by molar-refractivity contribution is 7.98. The van der Waals surface area contributed by atoms with Gasteiger partial charge in [-0.1, -0.05) is 72.8 Å². The second-order valence-electron chi connectivity index (χ2n) is 8.08. The van der Waals surface area contributed by atoms with Crippen molar-refractivity contribution >= 4 is 29.4 Å². The Kier molecular flexibility index (Phi) is 6.44. The molecule has 1 aliphatic heterocycles. The lowest BCUT2D eigenvalue weighted by Crippen LogP contribution is -2.28. The summed E-state index contributed by atoms with van der Waals surface area (Å²) >= 11 is 1.75. The Hall–Kier alpha value is -3.84. The summed E-state index contributed by atoms with van der Waals surface area (Å²) < 4.78 is 1.61. The normalized spacial score (nSPS) is 12.2. The van der Waals surface area contributed by atoms with E-state index < -0.39 is 0 Å². The molecule has 0 fully saturated rings. The summed E-state index contributed by atoms with van der Waals surface area (Å²) in [6.45, 7) is 0.499. The predicted molar refractivity (Wildman–Crippen MR) is 135 cm³/mol. The number of carbonyl (C=O) groups excluding carboxylic acids is 2. The molecule has 2 amide bonds. The molecule has 2 N–H and O–H groups in total. The van der Waals surface area contributed by atoms with Crippen molar-refractivity contribution < 1.29 is 9.59 Å². The van der Waals surface area contributed by atoms with Gasteiger partial charge < -0.3 is 10.6 Å². The molecular formula is C27H24N4O2S. The molecule has 6 nitrogen and oxygen atoms in total. The lowest BCUT2D eigenvalue weighted by atomic mass is 10.0. The lowest BCUT2D eigenvalue weighted by molar-refractivity contribution is -0.122. The van der Waals surface area contributed by atoms with Gasteiger partial charge in [-0.25, -0.2) is 4.68 Å². The fourth-order valence-electron chi connectivity index (χ4n) is 3.93. The zero-order valence-corrected chi connectivity index (χ0v) is 19.3. The Balaban J connectivity index is 1.29. The van der Waals surface area contributed by atoms with Gasteiger partial charge in [0.25, 0.3) is 5.91 Å². The number of rotatable bonds is 7. The van der Waals surface area contributed by atoms with Crippen LogP contribution in [0.1, 0.15) is 27.2 Å². The summed E-state index contributed by atoms with van der Waals surface area (Å²) in [6.07, 6.45) is 0.